The number of carbonyl (C=O) groups is 1. The zero-order chi connectivity index (χ0) is 15.4. The maximum absolute atomic E-state index is 12.3. The molecule has 5 nitrogen and oxygen atoms in total. The summed E-state index contributed by atoms with van der Waals surface area (Å²) < 4.78 is 5.55. The van der Waals surface area contributed by atoms with Crippen LogP contribution in [-0.2, 0) is 4.79 Å². The van der Waals surface area contributed by atoms with E-state index in [-0.39, 0.29) is 12.5 Å². The maximum atomic E-state index is 12.3. The second-order valence-corrected chi connectivity index (χ2v) is 6.65. The predicted molar refractivity (Wildman–Crippen MR) is 85.1 cm³/mol. The van der Waals surface area contributed by atoms with Crippen LogP contribution in [0.25, 0.3) is 0 Å². The van der Waals surface area contributed by atoms with Crippen molar-refractivity contribution in [3.63, 3.8) is 0 Å². The van der Waals surface area contributed by atoms with E-state index in [1.807, 2.05) is 42.2 Å². The molecule has 1 aromatic carbocycles. The molecule has 2 heterocycles. The highest BCUT2D eigenvalue weighted by atomic mass is 32.1. The van der Waals surface area contributed by atoms with Crippen LogP contribution in [0.1, 0.15) is 28.8 Å². The number of piperidine rings is 1. The van der Waals surface area contributed by atoms with Crippen LogP contribution in [0.4, 0.5) is 0 Å². The topological polar surface area (TPSA) is 55.3 Å². The van der Waals surface area contributed by atoms with E-state index in [1.165, 1.54) is 0 Å². The van der Waals surface area contributed by atoms with Gasteiger partial charge in [0.2, 0.25) is 0 Å². The monoisotopic (exact) mass is 317 g/mol. The molecule has 0 saturated carbocycles. The van der Waals surface area contributed by atoms with Crippen LogP contribution in [-0.4, -0.2) is 40.7 Å². The molecule has 0 radical (unpaired) electrons. The molecule has 1 aromatic heterocycles. The Kier molecular flexibility index (Phi) is 4.68. The van der Waals surface area contributed by atoms with Crippen LogP contribution >= 0.6 is 11.3 Å². The fourth-order valence-electron chi connectivity index (χ4n) is 2.64. The highest BCUT2D eigenvalue weighted by molar-refractivity contribution is 7.11. The number of amides is 1. The molecule has 1 atom stereocenters. The van der Waals surface area contributed by atoms with Crippen LogP contribution < -0.4 is 4.74 Å². The van der Waals surface area contributed by atoms with Gasteiger partial charge in [0.05, 0.1) is 0 Å². The lowest BCUT2D eigenvalue weighted by Crippen LogP contribution is -2.41. The summed E-state index contributed by atoms with van der Waals surface area (Å²) in [5, 5.41) is 10.3. The Bertz CT molecular complexity index is 629. The number of nitrogens with zero attached hydrogens (tertiary/aromatic N) is 3. The number of ether oxygens (including phenoxy) is 1. The average molecular weight is 317 g/mol. The summed E-state index contributed by atoms with van der Waals surface area (Å²) in [6.07, 6.45) is 2.07. The summed E-state index contributed by atoms with van der Waals surface area (Å²) in [5.41, 5.74) is 0. The first-order chi connectivity index (χ1) is 10.7. The number of benzene rings is 1. The van der Waals surface area contributed by atoms with Gasteiger partial charge in [0.25, 0.3) is 5.91 Å². The summed E-state index contributed by atoms with van der Waals surface area (Å²) in [6, 6.07) is 9.43. The van der Waals surface area contributed by atoms with Crippen LogP contribution in [0, 0.1) is 6.92 Å². The summed E-state index contributed by atoms with van der Waals surface area (Å²) in [5.74, 6) is 1.07. The number of aryl methyl sites for hydroxylation is 1. The molecule has 1 saturated heterocycles. The van der Waals surface area contributed by atoms with Gasteiger partial charge in [-0.2, -0.15) is 0 Å². The Morgan fingerprint density at radius 2 is 2.18 bits per heavy atom. The van der Waals surface area contributed by atoms with Crippen molar-refractivity contribution in [3.05, 3.63) is 40.3 Å². The SMILES string of the molecule is Cc1nnc(C2CCCN(C(=O)COc3ccccc3)C2)s1. The van der Waals surface area contributed by atoms with E-state index < -0.39 is 0 Å². The van der Waals surface area contributed by atoms with Gasteiger partial charge in [-0.15, -0.1) is 21.5 Å². The number of para-hydroxylation sites is 1. The molecule has 0 aliphatic carbocycles. The van der Waals surface area contributed by atoms with E-state index in [0.717, 1.165) is 35.2 Å². The Morgan fingerprint density at radius 1 is 1.36 bits per heavy atom. The van der Waals surface area contributed by atoms with E-state index in [1.54, 1.807) is 11.3 Å². The van der Waals surface area contributed by atoms with Gasteiger partial charge in [0, 0.05) is 19.0 Å². The van der Waals surface area contributed by atoms with Gasteiger partial charge in [0.1, 0.15) is 15.8 Å². The average Bonchev–Trinajstić information content (AvgIpc) is 3.00. The summed E-state index contributed by atoms with van der Waals surface area (Å²) in [7, 11) is 0. The molecule has 6 heteroatoms. The van der Waals surface area contributed by atoms with Crippen molar-refractivity contribution in [3.8, 4) is 5.75 Å². The van der Waals surface area contributed by atoms with Gasteiger partial charge in [-0.25, -0.2) is 0 Å². The molecule has 2 aromatic rings. The summed E-state index contributed by atoms with van der Waals surface area (Å²) in [6.45, 7) is 3.56. The third kappa shape index (κ3) is 3.62. The van der Waals surface area contributed by atoms with Crippen molar-refractivity contribution < 1.29 is 9.53 Å². The molecule has 0 N–H and O–H groups in total. The minimum Gasteiger partial charge on any atom is -0.484 e. The molecule has 22 heavy (non-hydrogen) atoms. The fourth-order valence-corrected chi connectivity index (χ4v) is 3.46. The smallest absolute Gasteiger partial charge is 0.260 e. The number of aromatic nitrogens is 2. The van der Waals surface area contributed by atoms with Gasteiger partial charge < -0.3 is 9.64 Å². The summed E-state index contributed by atoms with van der Waals surface area (Å²) >= 11 is 1.63. The minimum absolute atomic E-state index is 0.0368. The van der Waals surface area contributed by atoms with Crippen LogP contribution in [0.5, 0.6) is 5.75 Å². The lowest BCUT2D eigenvalue weighted by Gasteiger charge is -2.31. The van der Waals surface area contributed by atoms with Gasteiger partial charge in [-0.05, 0) is 31.9 Å². The molecule has 1 aliphatic rings. The molecule has 1 unspecified atom stereocenters. The number of rotatable bonds is 4. The molecule has 1 fully saturated rings. The van der Waals surface area contributed by atoms with E-state index in [0.29, 0.717) is 12.5 Å². The molecule has 0 bridgehead atoms. The second kappa shape index (κ2) is 6.87. The van der Waals surface area contributed by atoms with Gasteiger partial charge in [-0.3, -0.25) is 4.79 Å². The zero-order valence-corrected chi connectivity index (χ0v) is 13.4. The number of likely N-dealkylation sites (tertiary alicyclic amines) is 1. The van der Waals surface area contributed by atoms with Crippen molar-refractivity contribution in [2.75, 3.05) is 19.7 Å². The van der Waals surface area contributed by atoms with E-state index in [2.05, 4.69) is 10.2 Å². The van der Waals surface area contributed by atoms with E-state index in [9.17, 15) is 4.79 Å². The maximum Gasteiger partial charge on any atom is 0.260 e. The number of hydrogen-bond acceptors (Lipinski definition) is 5. The Labute approximate surface area is 133 Å². The van der Waals surface area contributed by atoms with Gasteiger partial charge in [-0.1, -0.05) is 18.2 Å². The first-order valence-electron chi connectivity index (χ1n) is 7.48. The lowest BCUT2D eigenvalue weighted by atomic mass is 9.99. The van der Waals surface area contributed by atoms with Crippen LogP contribution in [0.3, 0.4) is 0 Å². The Morgan fingerprint density at radius 3 is 2.91 bits per heavy atom. The third-order valence-electron chi connectivity index (χ3n) is 3.77. The van der Waals surface area contributed by atoms with Crippen molar-refractivity contribution in [2.45, 2.75) is 25.7 Å². The van der Waals surface area contributed by atoms with E-state index >= 15 is 0 Å². The van der Waals surface area contributed by atoms with Crippen molar-refractivity contribution in [1.29, 1.82) is 0 Å². The molecular formula is C16H19N3O2S. The van der Waals surface area contributed by atoms with Crippen molar-refractivity contribution in [2.24, 2.45) is 0 Å². The number of carbonyl (C=O) groups excluding carboxylic acids is 1. The number of hydrogen-bond donors (Lipinski definition) is 0. The first-order valence-corrected chi connectivity index (χ1v) is 8.29. The highest BCUT2D eigenvalue weighted by Crippen LogP contribution is 2.28. The van der Waals surface area contributed by atoms with Crippen molar-refractivity contribution in [1.82, 2.24) is 15.1 Å². The summed E-state index contributed by atoms with van der Waals surface area (Å²) in [4.78, 5) is 14.2. The Balaban J connectivity index is 1.56. The molecule has 0 spiro atoms. The molecule has 1 aliphatic heterocycles. The quantitative estimate of drug-likeness (QED) is 0.870. The highest BCUT2D eigenvalue weighted by Gasteiger charge is 2.27. The molecule has 1 amide bonds. The third-order valence-corrected chi connectivity index (χ3v) is 4.77. The standard InChI is InChI=1S/C16H19N3O2S/c1-12-17-18-16(22-12)13-6-5-9-19(10-13)15(20)11-21-14-7-3-2-4-8-14/h2-4,7-8,13H,5-6,9-11H2,1H3. The lowest BCUT2D eigenvalue weighted by molar-refractivity contribution is -0.134. The van der Waals surface area contributed by atoms with E-state index in [4.69, 9.17) is 4.74 Å². The second-order valence-electron chi connectivity index (χ2n) is 5.44. The first kappa shape index (κ1) is 15.0. The fraction of sp³-hybridized carbons (Fsp3) is 0.438. The van der Waals surface area contributed by atoms with Crippen LogP contribution in [0.15, 0.2) is 30.3 Å². The van der Waals surface area contributed by atoms with Crippen molar-refractivity contribution >= 4 is 17.2 Å². The minimum atomic E-state index is 0.0368. The van der Waals surface area contributed by atoms with Crippen LogP contribution in [0.2, 0.25) is 0 Å². The normalized spacial score (nSPS) is 18.2. The zero-order valence-electron chi connectivity index (χ0n) is 12.6. The molecular weight excluding hydrogens is 298 g/mol. The largest absolute Gasteiger partial charge is 0.484 e. The molecule has 3 rings (SSSR count). The molecule has 116 valence electrons. The predicted octanol–water partition coefficient (Wildman–Crippen LogP) is 2.63. The Hall–Kier alpha value is -1.95. The van der Waals surface area contributed by atoms with Gasteiger partial charge in [0.15, 0.2) is 6.61 Å². The van der Waals surface area contributed by atoms with Gasteiger partial charge >= 0.3 is 0 Å².